The Labute approximate surface area is 159 Å². The molecule has 0 atom stereocenters. The van der Waals surface area contributed by atoms with Crippen LogP contribution in [0.2, 0.25) is 0 Å². The first-order valence-electron chi connectivity index (χ1n) is 5.48. The molecule has 0 amide bonds. The van der Waals surface area contributed by atoms with Crippen molar-refractivity contribution >= 4 is 7.82 Å². The number of benzene rings is 1. The zero-order chi connectivity index (χ0) is 13.3. The van der Waals surface area contributed by atoms with Crippen molar-refractivity contribution in [2.45, 2.75) is 39.5 Å². The summed E-state index contributed by atoms with van der Waals surface area (Å²) in [5, 5.41) is 0. The smallest absolute Gasteiger partial charge is 0.780 e. The van der Waals surface area contributed by atoms with Crippen LogP contribution in [0, 0.1) is 0 Å². The second-order valence-electron chi connectivity index (χ2n) is 4.97. The van der Waals surface area contributed by atoms with Gasteiger partial charge in [0.1, 0.15) is 13.6 Å². The van der Waals surface area contributed by atoms with Crippen LogP contribution < -0.4 is 73.4 Å². The average Bonchev–Trinajstić information content (AvgIpc) is 2.14. The summed E-state index contributed by atoms with van der Waals surface area (Å²) < 4.78 is 15.2. The number of phosphoric ester groups is 1. The molecule has 1 aromatic carbocycles. The van der Waals surface area contributed by atoms with Crippen molar-refractivity contribution in [3.8, 4) is 5.75 Å². The summed E-state index contributed by atoms with van der Waals surface area (Å²) >= 11 is 0. The fraction of sp³-hybridized carbons (Fsp3) is 0.500. The molecular formula is C12H17Na2O4P. The van der Waals surface area contributed by atoms with Crippen LogP contribution >= 0.6 is 7.82 Å². The minimum absolute atomic E-state index is 0. The molecule has 0 fully saturated rings. The molecule has 0 aromatic heterocycles. The molecule has 4 nitrogen and oxygen atoms in total. The fourth-order valence-corrected chi connectivity index (χ4v) is 1.98. The van der Waals surface area contributed by atoms with Crippen LogP contribution in [0.25, 0.3) is 0 Å². The minimum atomic E-state index is -5.01. The van der Waals surface area contributed by atoms with E-state index >= 15 is 0 Å². The molecule has 0 radical (unpaired) electrons. The summed E-state index contributed by atoms with van der Waals surface area (Å²) in [5.74, 6) is 0.128. The molecule has 1 rings (SSSR count). The van der Waals surface area contributed by atoms with Crippen molar-refractivity contribution in [3.05, 3.63) is 29.3 Å². The molecular weight excluding hydrogens is 285 g/mol. The van der Waals surface area contributed by atoms with Gasteiger partial charge in [-0.3, -0.25) is 0 Å². The Kier molecular flexibility index (Phi) is 10.1. The number of hydrogen-bond donors (Lipinski definition) is 0. The molecule has 0 spiro atoms. The molecule has 7 heteroatoms. The Morgan fingerprint density at radius 3 is 2.11 bits per heavy atom. The van der Waals surface area contributed by atoms with Crippen LogP contribution in [0.3, 0.4) is 0 Å². The monoisotopic (exact) mass is 302 g/mol. The SMILES string of the molecule is CCc1ccc(OP(=O)([O-])[O-])c(C(C)(C)C)c1.[Na+].[Na+]. The predicted octanol–water partition coefficient (Wildman–Crippen LogP) is -4.24. The number of aryl methyl sites for hydroxylation is 1. The Hall–Kier alpha value is 1.17. The van der Waals surface area contributed by atoms with Crippen molar-refractivity contribution in [2.75, 3.05) is 0 Å². The molecule has 19 heavy (non-hydrogen) atoms. The maximum Gasteiger partial charge on any atom is 1.00 e. The van der Waals surface area contributed by atoms with E-state index in [0.717, 1.165) is 17.5 Å². The van der Waals surface area contributed by atoms with Gasteiger partial charge in [-0.2, -0.15) is 0 Å². The predicted molar refractivity (Wildman–Crippen MR) is 62.8 cm³/mol. The first-order chi connectivity index (χ1) is 7.63. The van der Waals surface area contributed by atoms with Crippen molar-refractivity contribution in [1.29, 1.82) is 0 Å². The molecule has 0 N–H and O–H groups in total. The van der Waals surface area contributed by atoms with Gasteiger partial charge >= 0.3 is 59.1 Å². The maximum absolute atomic E-state index is 10.7. The second kappa shape index (κ2) is 8.57. The van der Waals surface area contributed by atoms with Gasteiger partial charge in [0, 0.05) is 5.56 Å². The third-order valence-corrected chi connectivity index (χ3v) is 2.89. The number of phosphoric acid groups is 1. The number of rotatable bonds is 3. The van der Waals surface area contributed by atoms with Gasteiger partial charge in [0.05, 0.1) is 0 Å². The maximum atomic E-state index is 10.7. The molecule has 0 saturated carbocycles. The second-order valence-corrected chi connectivity index (χ2v) is 6.05. The Morgan fingerprint density at radius 1 is 1.21 bits per heavy atom. The van der Waals surface area contributed by atoms with E-state index in [9.17, 15) is 14.4 Å². The fourth-order valence-electron chi connectivity index (χ4n) is 1.58. The summed E-state index contributed by atoms with van der Waals surface area (Å²) in [6, 6.07) is 5.19. The van der Waals surface area contributed by atoms with Gasteiger partial charge in [-0.25, -0.2) is 0 Å². The average molecular weight is 302 g/mol. The van der Waals surface area contributed by atoms with Gasteiger partial charge < -0.3 is 18.9 Å². The van der Waals surface area contributed by atoms with E-state index in [1.807, 2.05) is 33.8 Å². The van der Waals surface area contributed by atoms with E-state index in [1.54, 1.807) is 12.1 Å². The van der Waals surface area contributed by atoms with E-state index in [2.05, 4.69) is 4.52 Å². The molecule has 0 aliphatic rings. The van der Waals surface area contributed by atoms with Crippen molar-refractivity contribution in [1.82, 2.24) is 0 Å². The topological polar surface area (TPSA) is 72.4 Å². The summed E-state index contributed by atoms with van der Waals surface area (Å²) in [6.07, 6.45) is 0.843. The zero-order valence-corrected chi connectivity index (χ0v) is 17.4. The van der Waals surface area contributed by atoms with Crippen LogP contribution in [0.5, 0.6) is 5.75 Å². The molecule has 1 aromatic rings. The molecule has 0 aliphatic heterocycles. The summed E-state index contributed by atoms with van der Waals surface area (Å²) in [7, 11) is -5.01. The Morgan fingerprint density at radius 2 is 1.74 bits per heavy atom. The van der Waals surface area contributed by atoms with Crippen molar-refractivity contribution < 1.29 is 78.0 Å². The van der Waals surface area contributed by atoms with Crippen LogP contribution in [0.1, 0.15) is 38.8 Å². The first kappa shape index (κ1) is 22.5. The molecule has 0 unspecified atom stereocenters. The zero-order valence-electron chi connectivity index (χ0n) is 12.5. The van der Waals surface area contributed by atoms with Gasteiger partial charge in [0.2, 0.25) is 0 Å². The third-order valence-electron chi connectivity index (χ3n) is 2.47. The summed E-state index contributed by atoms with van der Waals surface area (Å²) in [5.41, 5.74) is 1.52. The van der Waals surface area contributed by atoms with Crippen LogP contribution in [0.4, 0.5) is 0 Å². The van der Waals surface area contributed by atoms with E-state index in [-0.39, 0.29) is 70.3 Å². The van der Waals surface area contributed by atoms with Crippen LogP contribution in [-0.4, -0.2) is 0 Å². The van der Waals surface area contributed by atoms with Gasteiger partial charge in [-0.15, -0.1) is 0 Å². The third kappa shape index (κ3) is 7.66. The van der Waals surface area contributed by atoms with Gasteiger partial charge in [-0.1, -0.05) is 39.8 Å². The van der Waals surface area contributed by atoms with Gasteiger partial charge in [0.25, 0.3) is 0 Å². The Bertz CT molecular complexity index is 452. The normalized spacial score (nSPS) is 11.3. The number of hydrogen-bond acceptors (Lipinski definition) is 4. The summed E-state index contributed by atoms with van der Waals surface area (Å²) in [6.45, 7) is 7.83. The standard InChI is InChI=1S/C12H19O4P.2Na/c1-5-9-6-7-11(16-17(13,14)15)10(8-9)12(2,3)4;;/h6-8H,5H2,1-4H3,(H2,13,14,15);;/q;2*+1/p-2. The largest absolute Gasteiger partial charge is 1.00 e. The van der Waals surface area contributed by atoms with Crippen LogP contribution in [0.15, 0.2) is 18.2 Å². The van der Waals surface area contributed by atoms with E-state index in [1.165, 1.54) is 0 Å². The Balaban J connectivity index is 0. The molecule has 0 bridgehead atoms. The molecule has 0 aliphatic carbocycles. The van der Waals surface area contributed by atoms with Crippen molar-refractivity contribution in [3.63, 3.8) is 0 Å². The first-order valence-corrected chi connectivity index (χ1v) is 6.94. The van der Waals surface area contributed by atoms with Gasteiger partial charge in [0.15, 0.2) is 0 Å². The molecule has 96 valence electrons. The van der Waals surface area contributed by atoms with E-state index < -0.39 is 7.82 Å². The van der Waals surface area contributed by atoms with E-state index in [0.29, 0.717) is 0 Å². The summed E-state index contributed by atoms with van der Waals surface area (Å²) in [4.78, 5) is 21.4. The van der Waals surface area contributed by atoms with Crippen molar-refractivity contribution in [2.24, 2.45) is 0 Å². The molecule has 0 heterocycles. The quantitative estimate of drug-likeness (QED) is 0.419. The van der Waals surface area contributed by atoms with Crippen LogP contribution in [-0.2, 0) is 16.4 Å². The molecule has 0 saturated heterocycles. The van der Waals surface area contributed by atoms with Gasteiger partial charge in [-0.05, 0) is 23.5 Å². The van der Waals surface area contributed by atoms with E-state index in [4.69, 9.17) is 0 Å². The minimum Gasteiger partial charge on any atom is -0.780 e.